The van der Waals surface area contributed by atoms with Crippen molar-refractivity contribution >= 4 is 17.0 Å². The Morgan fingerprint density at radius 1 is 1.39 bits per heavy atom. The molecule has 0 fully saturated rings. The first-order chi connectivity index (χ1) is 8.67. The summed E-state index contributed by atoms with van der Waals surface area (Å²) in [5.41, 5.74) is 0.883. The van der Waals surface area contributed by atoms with E-state index in [4.69, 9.17) is 9.47 Å². The number of hydrogen-bond donors (Lipinski definition) is 0. The molecule has 0 saturated carbocycles. The number of hydrogen-bond acceptors (Lipinski definition) is 5. The lowest BCUT2D eigenvalue weighted by atomic mass is 10.2. The molecule has 18 heavy (non-hydrogen) atoms. The maximum atomic E-state index is 11.8. The highest BCUT2D eigenvalue weighted by molar-refractivity contribution is 5.98. The molecule has 6 nitrogen and oxygen atoms in total. The summed E-state index contributed by atoms with van der Waals surface area (Å²) in [6.07, 6.45) is 3.22. The summed E-state index contributed by atoms with van der Waals surface area (Å²) in [5, 5.41) is 4.89. The van der Waals surface area contributed by atoms with Crippen molar-refractivity contribution in [3.63, 3.8) is 0 Å². The van der Waals surface area contributed by atoms with Crippen LogP contribution in [0.3, 0.4) is 0 Å². The lowest BCUT2D eigenvalue weighted by Crippen LogP contribution is -2.08. The number of aromatic nitrogens is 3. The molecular formula is C12H15N3O3. The first-order valence-corrected chi connectivity index (χ1v) is 5.79. The first-order valence-electron chi connectivity index (χ1n) is 5.79. The van der Waals surface area contributed by atoms with Crippen LogP contribution >= 0.6 is 0 Å². The largest absolute Gasteiger partial charge is 0.492 e. The smallest absolute Gasteiger partial charge is 0.343 e. The van der Waals surface area contributed by atoms with Crippen molar-refractivity contribution in [2.24, 2.45) is 7.05 Å². The Labute approximate surface area is 105 Å². The molecule has 0 amide bonds. The van der Waals surface area contributed by atoms with Crippen molar-refractivity contribution in [1.82, 2.24) is 14.8 Å². The predicted molar refractivity (Wildman–Crippen MR) is 65.6 cm³/mol. The molecule has 0 unspecified atom stereocenters. The van der Waals surface area contributed by atoms with E-state index in [2.05, 4.69) is 10.1 Å². The number of carbonyl (C=O) groups is 1. The van der Waals surface area contributed by atoms with Gasteiger partial charge in [-0.05, 0) is 13.8 Å². The first kappa shape index (κ1) is 12.3. The maximum absolute atomic E-state index is 11.8. The van der Waals surface area contributed by atoms with E-state index in [1.165, 1.54) is 6.20 Å². The monoisotopic (exact) mass is 249 g/mol. The topological polar surface area (TPSA) is 66.2 Å². The fourth-order valence-electron chi connectivity index (χ4n) is 1.72. The lowest BCUT2D eigenvalue weighted by molar-refractivity contribution is 0.0522. The summed E-state index contributed by atoms with van der Waals surface area (Å²) < 4.78 is 12.2. The summed E-state index contributed by atoms with van der Waals surface area (Å²) in [4.78, 5) is 16.0. The number of aryl methyl sites for hydroxylation is 1. The van der Waals surface area contributed by atoms with E-state index in [1.807, 2.05) is 6.92 Å². The molecule has 0 aliphatic rings. The highest BCUT2D eigenvalue weighted by Gasteiger charge is 2.19. The summed E-state index contributed by atoms with van der Waals surface area (Å²) in [6, 6.07) is 0. The van der Waals surface area contributed by atoms with Gasteiger partial charge in [0.25, 0.3) is 0 Å². The molecule has 0 aliphatic heterocycles. The molecule has 6 heteroatoms. The Hall–Kier alpha value is -2.11. The van der Waals surface area contributed by atoms with Crippen LogP contribution in [0.4, 0.5) is 0 Å². The third kappa shape index (κ3) is 2.13. The van der Waals surface area contributed by atoms with Gasteiger partial charge < -0.3 is 9.47 Å². The van der Waals surface area contributed by atoms with E-state index >= 15 is 0 Å². The van der Waals surface area contributed by atoms with Gasteiger partial charge >= 0.3 is 5.97 Å². The quantitative estimate of drug-likeness (QED) is 0.769. The SMILES string of the molecule is CCOC(=O)c1cnc2nn(C)cc2c1OCC. The van der Waals surface area contributed by atoms with Crippen LogP contribution in [0.1, 0.15) is 24.2 Å². The van der Waals surface area contributed by atoms with E-state index < -0.39 is 5.97 Å². The number of nitrogens with zero attached hydrogens (tertiary/aromatic N) is 3. The minimum atomic E-state index is -0.431. The molecule has 2 aromatic rings. The molecule has 96 valence electrons. The molecule has 0 atom stereocenters. The zero-order chi connectivity index (χ0) is 13.1. The van der Waals surface area contributed by atoms with E-state index in [9.17, 15) is 4.79 Å². The van der Waals surface area contributed by atoms with Gasteiger partial charge in [-0.1, -0.05) is 0 Å². The van der Waals surface area contributed by atoms with Crippen LogP contribution in [0.15, 0.2) is 12.4 Å². The number of rotatable bonds is 4. The van der Waals surface area contributed by atoms with Crippen LogP contribution in [-0.2, 0) is 11.8 Å². The average Bonchev–Trinajstić information content (AvgIpc) is 2.71. The van der Waals surface area contributed by atoms with Gasteiger partial charge in [-0.3, -0.25) is 4.68 Å². The highest BCUT2D eigenvalue weighted by Crippen LogP contribution is 2.28. The maximum Gasteiger partial charge on any atom is 0.343 e. The van der Waals surface area contributed by atoms with Crippen LogP contribution in [-0.4, -0.2) is 33.9 Å². The Bertz CT molecular complexity index is 577. The van der Waals surface area contributed by atoms with Crippen LogP contribution < -0.4 is 4.74 Å². The van der Waals surface area contributed by atoms with Crippen molar-refractivity contribution in [1.29, 1.82) is 0 Å². The van der Waals surface area contributed by atoms with Crippen molar-refractivity contribution in [3.05, 3.63) is 18.0 Å². The minimum absolute atomic E-state index is 0.315. The highest BCUT2D eigenvalue weighted by atomic mass is 16.5. The number of esters is 1. The van der Waals surface area contributed by atoms with Gasteiger partial charge in [0, 0.05) is 19.4 Å². The van der Waals surface area contributed by atoms with Gasteiger partial charge in [0.15, 0.2) is 5.65 Å². The molecule has 2 aromatic heterocycles. The normalized spacial score (nSPS) is 10.6. The summed E-state index contributed by atoms with van der Waals surface area (Å²) in [7, 11) is 1.79. The van der Waals surface area contributed by atoms with E-state index in [-0.39, 0.29) is 0 Å². The molecule has 0 bridgehead atoms. The molecule has 0 saturated heterocycles. The Morgan fingerprint density at radius 3 is 2.83 bits per heavy atom. The second-order valence-corrected chi connectivity index (χ2v) is 3.69. The molecule has 0 spiro atoms. The van der Waals surface area contributed by atoms with Crippen molar-refractivity contribution < 1.29 is 14.3 Å². The van der Waals surface area contributed by atoms with Gasteiger partial charge in [0.2, 0.25) is 0 Å². The number of carbonyl (C=O) groups excluding carboxylic acids is 1. The van der Waals surface area contributed by atoms with E-state index in [1.54, 1.807) is 24.9 Å². The summed E-state index contributed by atoms with van der Waals surface area (Å²) in [5.74, 6) is 0.0493. The fraction of sp³-hybridized carbons (Fsp3) is 0.417. The van der Waals surface area contributed by atoms with Gasteiger partial charge in [0.1, 0.15) is 11.3 Å². The molecule has 0 aromatic carbocycles. The molecule has 0 aliphatic carbocycles. The van der Waals surface area contributed by atoms with Gasteiger partial charge in [0.05, 0.1) is 18.6 Å². The van der Waals surface area contributed by atoms with Gasteiger partial charge in [-0.15, -0.1) is 0 Å². The predicted octanol–water partition coefficient (Wildman–Crippen LogP) is 1.54. The standard InChI is InChI=1S/C12H15N3O3/c1-4-17-10-8(12(16)18-5-2)6-13-11-9(10)7-15(3)14-11/h6-7H,4-5H2,1-3H3. The molecule has 0 N–H and O–H groups in total. The molecular weight excluding hydrogens is 234 g/mol. The minimum Gasteiger partial charge on any atom is -0.492 e. The molecule has 2 rings (SSSR count). The number of ether oxygens (including phenoxy) is 2. The Morgan fingerprint density at radius 2 is 2.17 bits per heavy atom. The fourth-order valence-corrected chi connectivity index (χ4v) is 1.72. The number of pyridine rings is 1. The zero-order valence-corrected chi connectivity index (χ0v) is 10.6. The molecule has 2 heterocycles. The van der Waals surface area contributed by atoms with Crippen molar-refractivity contribution in [3.8, 4) is 5.75 Å². The summed E-state index contributed by atoms with van der Waals surface area (Å²) in [6.45, 7) is 4.39. The summed E-state index contributed by atoms with van der Waals surface area (Å²) >= 11 is 0. The third-order valence-corrected chi connectivity index (χ3v) is 2.40. The van der Waals surface area contributed by atoms with E-state index in [0.29, 0.717) is 35.6 Å². The van der Waals surface area contributed by atoms with Gasteiger partial charge in [-0.2, -0.15) is 5.10 Å². The van der Waals surface area contributed by atoms with Crippen LogP contribution in [0.2, 0.25) is 0 Å². The van der Waals surface area contributed by atoms with Gasteiger partial charge in [-0.25, -0.2) is 9.78 Å². The number of fused-ring (bicyclic) bond motifs is 1. The van der Waals surface area contributed by atoms with Crippen LogP contribution in [0.5, 0.6) is 5.75 Å². The molecule has 0 radical (unpaired) electrons. The Kier molecular flexibility index (Phi) is 3.45. The average molecular weight is 249 g/mol. The second kappa shape index (κ2) is 5.03. The lowest BCUT2D eigenvalue weighted by Gasteiger charge is -2.09. The third-order valence-electron chi connectivity index (χ3n) is 2.40. The second-order valence-electron chi connectivity index (χ2n) is 3.69. The van der Waals surface area contributed by atoms with Crippen LogP contribution in [0, 0.1) is 0 Å². The van der Waals surface area contributed by atoms with Crippen molar-refractivity contribution in [2.45, 2.75) is 13.8 Å². The zero-order valence-electron chi connectivity index (χ0n) is 10.6. The Balaban J connectivity index is 2.58. The van der Waals surface area contributed by atoms with E-state index in [0.717, 1.165) is 0 Å². The van der Waals surface area contributed by atoms with Crippen molar-refractivity contribution in [2.75, 3.05) is 13.2 Å². The van der Waals surface area contributed by atoms with Crippen LogP contribution in [0.25, 0.3) is 11.0 Å².